The maximum absolute atomic E-state index is 4.58. The molecule has 132 valence electrons. The Morgan fingerprint density at radius 1 is 1.04 bits per heavy atom. The van der Waals surface area contributed by atoms with Crippen LogP contribution in [0.1, 0.15) is 25.3 Å². The number of rotatable bonds is 4. The molecule has 2 saturated heterocycles. The fourth-order valence-corrected chi connectivity index (χ4v) is 3.78. The van der Waals surface area contributed by atoms with Crippen LogP contribution < -0.4 is 10.2 Å². The third kappa shape index (κ3) is 3.99. The van der Waals surface area contributed by atoms with E-state index in [0.717, 1.165) is 56.3 Å². The van der Waals surface area contributed by atoms with E-state index in [1.165, 1.54) is 18.4 Å². The van der Waals surface area contributed by atoms with Gasteiger partial charge in [0, 0.05) is 50.9 Å². The molecule has 5 nitrogen and oxygen atoms in total. The van der Waals surface area contributed by atoms with Gasteiger partial charge in [-0.3, -0.25) is 4.90 Å². The first-order chi connectivity index (χ1) is 12.3. The second kappa shape index (κ2) is 7.50. The largest absolute Gasteiger partial charge is 0.369 e. The summed E-state index contributed by atoms with van der Waals surface area (Å²) in [6.45, 7) is 8.83. The fraction of sp³-hybridized carbons (Fsp3) is 0.500. The number of nitrogens with zero attached hydrogens (tertiary/aromatic N) is 4. The molecule has 0 spiro atoms. The van der Waals surface area contributed by atoms with E-state index in [2.05, 4.69) is 56.3 Å². The minimum absolute atomic E-state index is 0.579. The highest BCUT2D eigenvalue weighted by Gasteiger charge is 2.16. The zero-order valence-electron chi connectivity index (χ0n) is 15.0. The van der Waals surface area contributed by atoms with Gasteiger partial charge in [-0.15, -0.1) is 0 Å². The molecule has 25 heavy (non-hydrogen) atoms. The number of hydrogen-bond donors (Lipinski definition) is 1. The summed E-state index contributed by atoms with van der Waals surface area (Å²) in [5.74, 6) is 0.810. The molecule has 0 amide bonds. The van der Waals surface area contributed by atoms with Gasteiger partial charge in [0.05, 0.1) is 18.1 Å². The van der Waals surface area contributed by atoms with Crippen molar-refractivity contribution in [2.45, 2.75) is 32.4 Å². The fourth-order valence-electron chi connectivity index (χ4n) is 3.78. The molecule has 2 aliphatic rings. The normalized spacial score (nSPS) is 21.6. The highest BCUT2D eigenvalue weighted by atomic mass is 15.2. The summed E-state index contributed by atoms with van der Waals surface area (Å²) in [6.07, 6.45) is 6.47. The summed E-state index contributed by atoms with van der Waals surface area (Å²) >= 11 is 0. The number of hydrogen-bond acceptors (Lipinski definition) is 5. The van der Waals surface area contributed by atoms with Crippen molar-refractivity contribution in [1.82, 2.24) is 20.2 Å². The van der Waals surface area contributed by atoms with Crippen molar-refractivity contribution in [1.29, 1.82) is 0 Å². The van der Waals surface area contributed by atoms with Crippen LogP contribution in [-0.4, -0.2) is 53.6 Å². The smallest absolute Gasteiger partial charge is 0.159 e. The van der Waals surface area contributed by atoms with E-state index in [0.29, 0.717) is 6.04 Å². The Morgan fingerprint density at radius 2 is 1.76 bits per heavy atom. The first-order valence-corrected chi connectivity index (χ1v) is 9.40. The molecule has 2 aromatic rings. The van der Waals surface area contributed by atoms with Gasteiger partial charge in [0.15, 0.2) is 5.82 Å². The molecule has 2 aliphatic heterocycles. The molecule has 4 rings (SSSR count). The van der Waals surface area contributed by atoms with Gasteiger partial charge >= 0.3 is 0 Å². The van der Waals surface area contributed by atoms with E-state index >= 15 is 0 Å². The second-order valence-electron chi connectivity index (χ2n) is 7.25. The first kappa shape index (κ1) is 16.5. The van der Waals surface area contributed by atoms with E-state index in [4.69, 9.17) is 0 Å². The van der Waals surface area contributed by atoms with E-state index in [1.807, 2.05) is 12.4 Å². The van der Waals surface area contributed by atoms with Crippen molar-refractivity contribution >= 4 is 5.69 Å². The average Bonchev–Trinajstić information content (AvgIpc) is 3.17. The Hall–Kier alpha value is -1.98. The molecule has 0 aliphatic carbocycles. The highest BCUT2D eigenvalue weighted by molar-refractivity contribution is 5.57. The zero-order valence-corrected chi connectivity index (χ0v) is 15.0. The lowest BCUT2D eigenvalue weighted by Gasteiger charge is -2.31. The first-order valence-electron chi connectivity index (χ1n) is 9.40. The van der Waals surface area contributed by atoms with Crippen LogP contribution in [0.5, 0.6) is 0 Å². The van der Waals surface area contributed by atoms with Crippen molar-refractivity contribution in [3.63, 3.8) is 0 Å². The number of nitrogens with one attached hydrogen (secondary N) is 1. The molecular weight excluding hydrogens is 310 g/mol. The van der Waals surface area contributed by atoms with Crippen LogP contribution in [0.4, 0.5) is 5.69 Å². The van der Waals surface area contributed by atoms with Gasteiger partial charge in [-0.2, -0.15) is 0 Å². The summed E-state index contributed by atoms with van der Waals surface area (Å²) in [7, 11) is 0. The Balaban J connectivity index is 1.41. The van der Waals surface area contributed by atoms with E-state index in [-0.39, 0.29) is 0 Å². The van der Waals surface area contributed by atoms with Crippen LogP contribution in [-0.2, 0) is 6.54 Å². The molecule has 1 N–H and O–H groups in total. The van der Waals surface area contributed by atoms with E-state index in [1.54, 1.807) is 0 Å². The summed E-state index contributed by atoms with van der Waals surface area (Å²) in [5.41, 5.74) is 3.59. The van der Waals surface area contributed by atoms with Crippen molar-refractivity contribution in [3.05, 3.63) is 42.2 Å². The lowest BCUT2D eigenvalue weighted by molar-refractivity contribution is 0.199. The Kier molecular flexibility index (Phi) is 4.95. The molecule has 1 aromatic carbocycles. The maximum Gasteiger partial charge on any atom is 0.159 e. The van der Waals surface area contributed by atoms with Crippen LogP contribution in [0.25, 0.3) is 11.4 Å². The summed E-state index contributed by atoms with van der Waals surface area (Å²) in [6, 6.07) is 9.28. The molecule has 0 unspecified atom stereocenters. The number of benzene rings is 1. The zero-order chi connectivity index (χ0) is 17.1. The van der Waals surface area contributed by atoms with Crippen molar-refractivity contribution in [3.8, 4) is 11.4 Å². The monoisotopic (exact) mass is 337 g/mol. The minimum atomic E-state index is 0.579. The van der Waals surface area contributed by atoms with Crippen molar-refractivity contribution < 1.29 is 0 Å². The van der Waals surface area contributed by atoms with Gasteiger partial charge in [-0.25, -0.2) is 9.97 Å². The predicted molar refractivity (Wildman–Crippen MR) is 102 cm³/mol. The van der Waals surface area contributed by atoms with Gasteiger partial charge in [-0.1, -0.05) is 24.3 Å². The van der Waals surface area contributed by atoms with Crippen LogP contribution >= 0.6 is 0 Å². The molecule has 0 saturated carbocycles. The van der Waals surface area contributed by atoms with Crippen LogP contribution in [0.3, 0.4) is 0 Å². The van der Waals surface area contributed by atoms with E-state index < -0.39 is 0 Å². The maximum atomic E-state index is 4.58. The quantitative estimate of drug-likeness (QED) is 0.929. The Labute approximate surface area is 150 Å². The summed E-state index contributed by atoms with van der Waals surface area (Å²) < 4.78 is 0. The lowest BCUT2D eigenvalue weighted by Crippen LogP contribution is -2.48. The van der Waals surface area contributed by atoms with Crippen molar-refractivity contribution in [2.24, 2.45) is 0 Å². The number of aromatic nitrogens is 2. The lowest BCUT2D eigenvalue weighted by atomic mass is 10.1. The number of piperazine rings is 1. The predicted octanol–water partition coefficient (Wildman–Crippen LogP) is 2.54. The Bertz CT molecular complexity index is 676. The second-order valence-corrected chi connectivity index (χ2v) is 7.25. The van der Waals surface area contributed by atoms with Gasteiger partial charge in [0.25, 0.3) is 0 Å². The Morgan fingerprint density at radius 3 is 2.44 bits per heavy atom. The van der Waals surface area contributed by atoms with Gasteiger partial charge in [0.1, 0.15) is 0 Å². The molecule has 0 bridgehead atoms. The molecule has 3 heterocycles. The van der Waals surface area contributed by atoms with Gasteiger partial charge < -0.3 is 10.2 Å². The van der Waals surface area contributed by atoms with E-state index in [9.17, 15) is 0 Å². The third-order valence-corrected chi connectivity index (χ3v) is 5.18. The highest BCUT2D eigenvalue weighted by Crippen LogP contribution is 2.21. The SMILES string of the molecule is C[C@@H]1CN(Cc2ccc(-c3ncc(N4CCCC4)cn3)cc2)CCN1. The average molecular weight is 337 g/mol. The van der Waals surface area contributed by atoms with Crippen LogP contribution in [0, 0.1) is 0 Å². The summed E-state index contributed by atoms with van der Waals surface area (Å²) in [5, 5.41) is 3.49. The van der Waals surface area contributed by atoms with Crippen molar-refractivity contribution in [2.75, 3.05) is 37.6 Å². The molecule has 2 fully saturated rings. The molecule has 1 atom stereocenters. The molecule has 0 radical (unpaired) electrons. The van der Waals surface area contributed by atoms with Crippen LogP contribution in [0.2, 0.25) is 0 Å². The van der Waals surface area contributed by atoms with Gasteiger partial charge in [0.2, 0.25) is 0 Å². The topological polar surface area (TPSA) is 44.3 Å². The molecule has 1 aromatic heterocycles. The minimum Gasteiger partial charge on any atom is -0.369 e. The summed E-state index contributed by atoms with van der Waals surface area (Å²) in [4.78, 5) is 14.0. The molecule has 5 heteroatoms. The number of anilines is 1. The third-order valence-electron chi connectivity index (χ3n) is 5.18. The standard InChI is InChI=1S/C20H27N5/c1-16-14-24(11-8-21-16)15-17-4-6-18(7-5-17)20-22-12-19(13-23-20)25-9-2-3-10-25/h4-7,12-13,16,21H,2-3,8-11,14-15H2,1H3/t16-/m1/s1. The van der Waals surface area contributed by atoms with Crippen LogP contribution in [0.15, 0.2) is 36.7 Å². The van der Waals surface area contributed by atoms with Gasteiger partial charge in [-0.05, 0) is 25.3 Å². The molecular formula is C20H27N5.